The maximum atomic E-state index is 5.12. The lowest BCUT2D eigenvalue weighted by Gasteiger charge is -2.13. The second-order valence-corrected chi connectivity index (χ2v) is 3.89. The molecule has 0 bridgehead atoms. The molecule has 15 heavy (non-hydrogen) atoms. The number of ether oxygens (including phenoxy) is 1. The average Bonchev–Trinajstić information content (AvgIpc) is 2.17. The van der Waals surface area contributed by atoms with Gasteiger partial charge in [-0.3, -0.25) is 0 Å². The fraction of sp³-hybridized carbons (Fsp3) is 0.364. The lowest BCUT2D eigenvalue weighted by atomic mass is 10.3. The maximum Gasteiger partial charge on any atom is 0.170 e. The van der Waals surface area contributed by atoms with E-state index in [-0.39, 0.29) is 0 Å². The van der Waals surface area contributed by atoms with E-state index in [4.69, 9.17) is 17.0 Å². The van der Waals surface area contributed by atoms with E-state index in [0.29, 0.717) is 11.2 Å². The first kappa shape index (κ1) is 11.8. The van der Waals surface area contributed by atoms with E-state index < -0.39 is 0 Å². The quantitative estimate of drug-likeness (QED) is 0.772. The van der Waals surface area contributed by atoms with Crippen LogP contribution in [-0.2, 0) is 0 Å². The molecule has 1 aromatic carbocycles. The van der Waals surface area contributed by atoms with Gasteiger partial charge in [-0.25, -0.2) is 0 Å². The molecule has 0 spiro atoms. The van der Waals surface area contributed by atoms with E-state index in [1.54, 1.807) is 7.11 Å². The molecule has 0 aliphatic heterocycles. The summed E-state index contributed by atoms with van der Waals surface area (Å²) >= 11 is 5.12. The number of hydrogen-bond donors (Lipinski definition) is 2. The predicted molar refractivity (Wildman–Crippen MR) is 67.5 cm³/mol. The van der Waals surface area contributed by atoms with Crippen LogP contribution >= 0.6 is 12.2 Å². The van der Waals surface area contributed by atoms with Crippen molar-refractivity contribution in [3.63, 3.8) is 0 Å². The molecule has 0 fully saturated rings. The van der Waals surface area contributed by atoms with Gasteiger partial charge in [0.25, 0.3) is 0 Å². The Labute approximate surface area is 95.8 Å². The molecule has 1 rings (SSSR count). The number of methoxy groups -OCH3 is 1. The highest BCUT2D eigenvalue weighted by Crippen LogP contribution is 2.14. The molecule has 2 N–H and O–H groups in total. The molecule has 1 aromatic rings. The van der Waals surface area contributed by atoms with Gasteiger partial charge >= 0.3 is 0 Å². The molecule has 82 valence electrons. The van der Waals surface area contributed by atoms with Crippen LogP contribution in [0, 0.1) is 0 Å². The Morgan fingerprint density at radius 3 is 2.33 bits per heavy atom. The maximum absolute atomic E-state index is 5.12. The normalized spacial score (nSPS) is 9.87. The molecular weight excluding hydrogens is 208 g/mol. The summed E-state index contributed by atoms with van der Waals surface area (Å²) in [5.74, 6) is 0.836. The van der Waals surface area contributed by atoms with Crippen molar-refractivity contribution in [2.45, 2.75) is 19.9 Å². The first-order valence-corrected chi connectivity index (χ1v) is 5.24. The Morgan fingerprint density at radius 1 is 1.27 bits per heavy atom. The van der Waals surface area contributed by atoms with Gasteiger partial charge in [0.2, 0.25) is 0 Å². The zero-order valence-electron chi connectivity index (χ0n) is 9.20. The van der Waals surface area contributed by atoms with Gasteiger partial charge in [-0.05, 0) is 50.3 Å². The first-order chi connectivity index (χ1) is 7.11. The Hall–Kier alpha value is -1.29. The first-order valence-electron chi connectivity index (χ1n) is 4.83. The van der Waals surface area contributed by atoms with Gasteiger partial charge in [0.15, 0.2) is 5.11 Å². The van der Waals surface area contributed by atoms with Gasteiger partial charge in [0.1, 0.15) is 5.75 Å². The Bertz CT molecular complexity index is 322. The number of rotatable bonds is 3. The molecule has 0 saturated carbocycles. The number of anilines is 1. The van der Waals surface area contributed by atoms with Crippen LogP contribution in [0.25, 0.3) is 0 Å². The molecule has 0 radical (unpaired) electrons. The molecule has 0 aliphatic rings. The second kappa shape index (κ2) is 5.56. The topological polar surface area (TPSA) is 33.3 Å². The van der Waals surface area contributed by atoms with Gasteiger partial charge in [-0.2, -0.15) is 0 Å². The highest BCUT2D eigenvalue weighted by molar-refractivity contribution is 7.80. The van der Waals surface area contributed by atoms with Crippen molar-refractivity contribution in [1.82, 2.24) is 5.32 Å². The Morgan fingerprint density at radius 2 is 1.87 bits per heavy atom. The van der Waals surface area contributed by atoms with Crippen molar-refractivity contribution < 1.29 is 4.74 Å². The van der Waals surface area contributed by atoms with Gasteiger partial charge < -0.3 is 15.4 Å². The smallest absolute Gasteiger partial charge is 0.170 e. The molecule has 0 saturated heterocycles. The average molecular weight is 224 g/mol. The SMILES string of the molecule is COc1ccc(NC(=S)NC(C)C)cc1. The van der Waals surface area contributed by atoms with E-state index in [2.05, 4.69) is 10.6 Å². The summed E-state index contributed by atoms with van der Waals surface area (Å²) in [6.45, 7) is 4.09. The summed E-state index contributed by atoms with van der Waals surface area (Å²) < 4.78 is 5.06. The van der Waals surface area contributed by atoms with Crippen molar-refractivity contribution in [2.24, 2.45) is 0 Å². The number of benzene rings is 1. The van der Waals surface area contributed by atoms with Crippen LogP contribution in [0.2, 0.25) is 0 Å². The van der Waals surface area contributed by atoms with Gasteiger partial charge in [-0.1, -0.05) is 0 Å². The van der Waals surface area contributed by atoms with E-state index in [0.717, 1.165) is 11.4 Å². The molecule has 0 unspecified atom stereocenters. The van der Waals surface area contributed by atoms with Crippen molar-refractivity contribution in [3.8, 4) is 5.75 Å². The minimum atomic E-state index is 0.336. The van der Waals surface area contributed by atoms with Crippen LogP contribution < -0.4 is 15.4 Å². The van der Waals surface area contributed by atoms with Crippen molar-refractivity contribution in [1.29, 1.82) is 0 Å². The lowest BCUT2D eigenvalue weighted by molar-refractivity contribution is 0.415. The zero-order valence-corrected chi connectivity index (χ0v) is 10.0. The minimum absolute atomic E-state index is 0.336. The molecule has 0 amide bonds. The third kappa shape index (κ3) is 4.16. The standard InChI is InChI=1S/C11H16N2OS/c1-8(2)12-11(15)13-9-4-6-10(14-3)7-5-9/h4-8H,1-3H3,(H2,12,13,15). The molecular formula is C11H16N2OS. The lowest BCUT2D eigenvalue weighted by Crippen LogP contribution is -2.33. The van der Waals surface area contributed by atoms with Crippen LogP contribution in [0.5, 0.6) is 5.75 Å². The van der Waals surface area contributed by atoms with E-state index in [9.17, 15) is 0 Å². The minimum Gasteiger partial charge on any atom is -0.497 e. The fourth-order valence-corrected chi connectivity index (χ4v) is 1.46. The zero-order chi connectivity index (χ0) is 11.3. The summed E-state index contributed by atoms with van der Waals surface area (Å²) in [6.07, 6.45) is 0. The van der Waals surface area contributed by atoms with Gasteiger partial charge in [0.05, 0.1) is 7.11 Å². The van der Waals surface area contributed by atoms with Crippen molar-refractivity contribution >= 4 is 23.0 Å². The van der Waals surface area contributed by atoms with Crippen LogP contribution in [-0.4, -0.2) is 18.3 Å². The number of thiocarbonyl (C=S) groups is 1. The van der Waals surface area contributed by atoms with Crippen molar-refractivity contribution in [3.05, 3.63) is 24.3 Å². The molecule has 0 atom stereocenters. The largest absolute Gasteiger partial charge is 0.497 e. The molecule has 0 heterocycles. The van der Waals surface area contributed by atoms with Gasteiger partial charge in [0, 0.05) is 11.7 Å². The number of nitrogens with one attached hydrogen (secondary N) is 2. The van der Waals surface area contributed by atoms with Gasteiger partial charge in [-0.15, -0.1) is 0 Å². The summed E-state index contributed by atoms with van der Waals surface area (Å²) in [7, 11) is 1.65. The van der Waals surface area contributed by atoms with Crippen LogP contribution in [0.3, 0.4) is 0 Å². The third-order valence-electron chi connectivity index (χ3n) is 1.77. The molecule has 0 aliphatic carbocycles. The van der Waals surface area contributed by atoms with E-state index in [1.165, 1.54) is 0 Å². The molecule has 0 aromatic heterocycles. The Balaban J connectivity index is 2.53. The molecule has 3 nitrogen and oxygen atoms in total. The number of hydrogen-bond acceptors (Lipinski definition) is 2. The summed E-state index contributed by atoms with van der Waals surface area (Å²) in [5, 5.41) is 6.83. The van der Waals surface area contributed by atoms with Crippen LogP contribution in [0.4, 0.5) is 5.69 Å². The monoisotopic (exact) mass is 224 g/mol. The van der Waals surface area contributed by atoms with E-state index >= 15 is 0 Å². The summed E-state index contributed by atoms with van der Waals surface area (Å²) in [5.41, 5.74) is 0.953. The van der Waals surface area contributed by atoms with Crippen LogP contribution in [0.15, 0.2) is 24.3 Å². The predicted octanol–water partition coefficient (Wildman–Crippen LogP) is 2.39. The summed E-state index contributed by atoms with van der Waals surface area (Å²) in [4.78, 5) is 0. The second-order valence-electron chi connectivity index (χ2n) is 3.48. The van der Waals surface area contributed by atoms with Crippen molar-refractivity contribution in [2.75, 3.05) is 12.4 Å². The highest BCUT2D eigenvalue weighted by Gasteiger charge is 1.99. The van der Waals surface area contributed by atoms with E-state index in [1.807, 2.05) is 38.1 Å². The molecule has 4 heteroatoms. The fourth-order valence-electron chi connectivity index (χ4n) is 1.10. The van der Waals surface area contributed by atoms with Crippen LogP contribution in [0.1, 0.15) is 13.8 Å². The third-order valence-corrected chi connectivity index (χ3v) is 1.99. The highest BCUT2D eigenvalue weighted by atomic mass is 32.1. The Kier molecular flexibility index (Phi) is 4.37. The summed E-state index contributed by atoms with van der Waals surface area (Å²) in [6, 6.07) is 7.96.